The highest BCUT2D eigenvalue weighted by Crippen LogP contribution is 2.16. The molecule has 3 N–H and O–H groups in total. The SMILES string of the molecule is CC/C=C/C=C/C=C\C=C/C=C/CCCC(CC(=O)NC(CO)C(O)CCCCCCCCCCC)OC(=O)CCCCCCC\C=C/C=C/C=C/CC. The first-order valence-corrected chi connectivity index (χ1v) is 21.6. The maximum atomic E-state index is 13.1. The van der Waals surface area contributed by atoms with Crippen molar-refractivity contribution in [3.05, 3.63) is 97.2 Å². The van der Waals surface area contributed by atoms with E-state index in [-0.39, 0.29) is 24.9 Å². The van der Waals surface area contributed by atoms with Crippen LogP contribution in [0.2, 0.25) is 0 Å². The van der Waals surface area contributed by atoms with Crippen LogP contribution in [-0.2, 0) is 14.3 Å². The largest absolute Gasteiger partial charge is 0.462 e. The molecule has 0 radical (unpaired) electrons. The predicted octanol–water partition coefficient (Wildman–Crippen LogP) is 12.2. The molecule has 0 saturated heterocycles. The van der Waals surface area contributed by atoms with Gasteiger partial charge in [-0.1, -0.05) is 195 Å². The van der Waals surface area contributed by atoms with Crippen LogP contribution in [-0.4, -0.2) is 46.9 Å². The Morgan fingerprint density at radius 2 is 1.02 bits per heavy atom. The van der Waals surface area contributed by atoms with Crippen molar-refractivity contribution in [2.45, 2.75) is 187 Å². The Morgan fingerprint density at radius 1 is 0.556 bits per heavy atom. The number of esters is 1. The summed E-state index contributed by atoms with van der Waals surface area (Å²) in [6, 6.07) is -0.732. The molecule has 0 fully saturated rings. The van der Waals surface area contributed by atoms with E-state index in [1.54, 1.807) is 0 Å². The Hall–Kier alpha value is -3.22. The molecule has 54 heavy (non-hydrogen) atoms. The molecule has 1 amide bonds. The smallest absolute Gasteiger partial charge is 0.306 e. The van der Waals surface area contributed by atoms with Gasteiger partial charge in [0, 0.05) is 6.42 Å². The Balaban J connectivity index is 4.82. The third kappa shape index (κ3) is 35.8. The standard InChI is InChI=1S/C48H79NO5/c1-4-7-10-13-16-19-21-23-25-28-30-33-36-39-44(54-48(53)41-38-35-32-29-26-24-22-20-17-14-11-8-5-2)42-47(52)49-45(43-50)46(51)40-37-34-31-27-18-15-12-9-6-3/h7-8,10-11,13-14,16-17,19-23,25,28,30,44-46,50-51H,4-6,9,12,15,18,24,26-27,29,31-43H2,1-3H3,(H,49,52)/b10-7+,11-8+,16-13+,17-14+,21-19-,22-20-,25-23-,30-28+. The Bertz CT molecular complexity index is 1110. The molecule has 0 saturated carbocycles. The summed E-state index contributed by atoms with van der Waals surface area (Å²) >= 11 is 0. The minimum Gasteiger partial charge on any atom is -0.462 e. The van der Waals surface area contributed by atoms with E-state index in [4.69, 9.17) is 4.74 Å². The third-order valence-corrected chi connectivity index (χ3v) is 9.10. The minimum atomic E-state index is -0.813. The minimum absolute atomic E-state index is 0.0139. The van der Waals surface area contributed by atoms with Crippen molar-refractivity contribution < 1.29 is 24.5 Å². The number of unbranched alkanes of at least 4 members (excludes halogenated alkanes) is 14. The topological polar surface area (TPSA) is 95.9 Å². The number of allylic oxidation sites excluding steroid dienone is 16. The predicted molar refractivity (Wildman–Crippen MR) is 231 cm³/mol. The number of ether oxygens (including phenoxy) is 1. The van der Waals surface area contributed by atoms with Crippen LogP contribution < -0.4 is 5.32 Å². The van der Waals surface area contributed by atoms with E-state index in [9.17, 15) is 19.8 Å². The highest BCUT2D eigenvalue weighted by atomic mass is 16.5. The van der Waals surface area contributed by atoms with Gasteiger partial charge in [0.25, 0.3) is 0 Å². The summed E-state index contributed by atoms with van der Waals surface area (Å²) < 4.78 is 5.84. The molecule has 0 heterocycles. The Morgan fingerprint density at radius 3 is 1.56 bits per heavy atom. The monoisotopic (exact) mass is 750 g/mol. The van der Waals surface area contributed by atoms with Crippen molar-refractivity contribution in [2.75, 3.05) is 6.61 Å². The van der Waals surface area contributed by atoms with Gasteiger partial charge in [-0.2, -0.15) is 0 Å². The number of carbonyl (C=O) groups is 2. The van der Waals surface area contributed by atoms with Crippen molar-refractivity contribution in [1.29, 1.82) is 0 Å². The fourth-order valence-electron chi connectivity index (χ4n) is 5.87. The Labute approximate surface area is 331 Å². The van der Waals surface area contributed by atoms with Gasteiger partial charge in [-0.25, -0.2) is 0 Å². The first kappa shape index (κ1) is 50.8. The summed E-state index contributed by atoms with van der Waals surface area (Å²) in [4.78, 5) is 25.9. The van der Waals surface area contributed by atoms with E-state index < -0.39 is 18.2 Å². The normalized spacial score (nSPS) is 14.4. The summed E-state index contributed by atoms with van der Waals surface area (Å²) in [6.45, 7) is 6.12. The summed E-state index contributed by atoms with van der Waals surface area (Å²) in [5.74, 6) is -0.585. The lowest BCUT2D eigenvalue weighted by molar-refractivity contribution is -0.151. The quantitative estimate of drug-likeness (QED) is 0.0337. The average molecular weight is 750 g/mol. The molecule has 306 valence electrons. The molecule has 3 unspecified atom stereocenters. The molecule has 0 bridgehead atoms. The first-order valence-electron chi connectivity index (χ1n) is 21.6. The van der Waals surface area contributed by atoms with Gasteiger partial charge in [0.05, 0.1) is 25.2 Å². The molecule has 0 aromatic heterocycles. The van der Waals surface area contributed by atoms with Gasteiger partial charge in [-0.05, 0) is 57.8 Å². The second kappa shape index (κ2) is 41.0. The lowest BCUT2D eigenvalue weighted by atomic mass is 10.0. The maximum absolute atomic E-state index is 13.1. The second-order valence-electron chi connectivity index (χ2n) is 14.2. The molecule has 0 aliphatic carbocycles. The first-order chi connectivity index (χ1) is 26.5. The molecule has 6 nitrogen and oxygen atoms in total. The van der Waals surface area contributed by atoms with Gasteiger partial charge in [0.2, 0.25) is 5.91 Å². The van der Waals surface area contributed by atoms with Crippen LogP contribution >= 0.6 is 0 Å². The van der Waals surface area contributed by atoms with Crippen molar-refractivity contribution in [3.8, 4) is 0 Å². The van der Waals surface area contributed by atoms with Crippen molar-refractivity contribution in [3.63, 3.8) is 0 Å². The van der Waals surface area contributed by atoms with Gasteiger partial charge in [-0.3, -0.25) is 9.59 Å². The number of aliphatic hydroxyl groups excluding tert-OH is 2. The lowest BCUT2D eigenvalue weighted by Gasteiger charge is -2.24. The number of rotatable bonds is 36. The van der Waals surface area contributed by atoms with E-state index in [2.05, 4.69) is 74.7 Å². The molecule has 6 heteroatoms. The van der Waals surface area contributed by atoms with Crippen LogP contribution in [0.15, 0.2) is 97.2 Å². The van der Waals surface area contributed by atoms with Crippen LogP contribution in [0.25, 0.3) is 0 Å². The summed E-state index contributed by atoms with van der Waals surface area (Å²) in [5.41, 5.74) is 0. The number of hydrogen-bond acceptors (Lipinski definition) is 5. The maximum Gasteiger partial charge on any atom is 0.306 e. The molecule has 0 aliphatic rings. The molecular formula is C48H79NO5. The van der Waals surface area contributed by atoms with Gasteiger partial charge in [0.15, 0.2) is 0 Å². The van der Waals surface area contributed by atoms with Crippen molar-refractivity contribution in [2.24, 2.45) is 0 Å². The molecule has 0 aliphatic heterocycles. The third-order valence-electron chi connectivity index (χ3n) is 9.10. The molecule has 3 atom stereocenters. The van der Waals surface area contributed by atoms with E-state index in [1.165, 1.54) is 38.5 Å². The zero-order chi connectivity index (χ0) is 39.6. The van der Waals surface area contributed by atoms with E-state index in [1.807, 2.05) is 48.6 Å². The fourth-order valence-corrected chi connectivity index (χ4v) is 5.87. The van der Waals surface area contributed by atoms with Crippen LogP contribution in [0.5, 0.6) is 0 Å². The van der Waals surface area contributed by atoms with Gasteiger partial charge < -0.3 is 20.3 Å². The molecular weight excluding hydrogens is 671 g/mol. The van der Waals surface area contributed by atoms with Gasteiger partial charge in [0.1, 0.15) is 6.10 Å². The van der Waals surface area contributed by atoms with Crippen molar-refractivity contribution in [1.82, 2.24) is 5.32 Å². The zero-order valence-electron chi connectivity index (χ0n) is 34.6. The molecule has 0 rings (SSSR count). The van der Waals surface area contributed by atoms with Gasteiger partial charge in [-0.15, -0.1) is 0 Å². The Kier molecular flexibility index (Phi) is 38.5. The van der Waals surface area contributed by atoms with E-state index >= 15 is 0 Å². The summed E-state index contributed by atoms with van der Waals surface area (Å²) in [7, 11) is 0. The van der Waals surface area contributed by atoms with E-state index in [0.717, 1.165) is 83.5 Å². The summed E-state index contributed by atoms with van der Waals surface area (Å²) in [5, 5.41) is 23.5. The number of hydrogen-bond donors (Lipinski definition) is 3. The van der Waals surface area contributed by atoms with Crippen LogP contribution in [0.4, 0.5) is 0 Å². The zero-order valence-corrected chi connectivity index (χ0v) is 34.6. The van der Waals surface area contributed by atoms with Crippen LogP contribution in [0.1, 0.15) is 168 Å². The lowest BCUT2D eigenvalue weighted by Crippen LogP contribution is -2.46. The second-order valence-corrected chi connectivity index (χ2v) is 14.2. The van der Waals surface area contributed by atoms with E-state index in [0.29, 0.717) is 19.3 Å². The molecule has 0 spiro atoms. The van der Waals surface area contributed by atoms with Crippen LogP contribution in [0.3, 0.4) is 0 Å². The molecule has 0 aromatic carbocycles. The summed E-state index contributed by atoms with van der Waals surface area (Å²) in [6.07, 6.45) is 53.3. The number of aliphatic hydroxyl groups is 2. The van der Waals surface area contributed by atoms with Gasteiger partial charge >= 0.3 is 5.97 Å². The fraction of sp³-hybridized carbons (Fsp3) is 0.625. The van der Waals surface area contributed by atoms with Crippen molar-refractivity contribution >= 4 is 11.9 Å². The number of nitrogens with one attached hydrogen (secondary N) is 1. The highest BCUT2D eigenvalue weighted by molar-refractivity contribution is 5.77. The number of amides is 1. The average Bonchev–Trinajstić information content (AvgIpc) is 3.16. The molecule has 0 aromatic rings. The highest BCUT2D eigenvalue weighted by Gasteiger charge is 2.23. The van der Waals surface area contributed by atoms with Crippen LogP contribution in [0, 0.1) is 0 Å². The number of carbonyl (C=O) groups excluding carboxylic acids is 2.